The smallest absolute Gasteiger partial charge is 0.338 e. The summed E-state index contributed by atoms with van der Waals surface area (Å²) in [7, 11) is 1.52. The van der Waals surface area contributed by atoms with Gasteiger partial charge in [-0.25, -0.2) is 9.18 Å². The molecule has 8 heteroatoms. The average Bonchev–Trinajstić information content (AvgIpc) is 2.67. The summed E-state index contributed by atoms with van der Waals surface area (Å²) in [6.07, 6.45) is -1.14. The van der Waals surface area contributed by atoms with Gasteiger partial charge >= 0.3 is 5.97 Å². The molecule has 2 rings (SSSR count). The van der Waals surface area contributed by atoms with Crippen LogP contribution in [-0.2, 0) is 20.9 Å². The number of hydrogen-bond donors (Lipinski definition) is 1. The Morgan fingerprint density at radius 2 is 1.96 bits per heavy atom. The first-order valence-electron chi connectivity index (χ1n) is 8.57. The van der Waals surface area contributed by atoms with Crippen LogP contribution in [0.1, 0.15) is 29.8 Å². The van der Waals surface area contributed by atoms with Crippen LogP contribution < -0.4 is 10.1 Å². The first kappa shape index (κ1) is 21.7. The number of carbonyl (C=O) groups excluding carboxylic acids is 2. The molecule has 0 aliphatic heterocycles. The van der Waals surface area contributed by atoms with Crippen molar-refractivity contribution in [3.8, 4) is 5.75 Å². The molecule has 0 aromatic heterocycles. The lowest BCUT2D eigenvalue weighted by Crippen LogP contribution is -2.30. The molecule has 1 amide bonds. The zero-order valence-corrected chi connectivity index (χ0v) is 16.5. The lowest BCUT2D eigenvalue weighted by Gasteiger charge is -2.15. The lowest BCUT2D eigenvalue weighted by atomic mass is 10.1. The van der Waals surface area contributed by atoms with Crippen LogP contribution in [0.4, 0.5) is 10.1 Å². The molecule has 0 aliphatic carbocycles. The third-order valence-corrected chi connectivity index (χ3v) is 4.05. The largest absolute Gasteiger partial charge is 0.496 e. The fourth-order valence-corrected chi connectivity index (χ4v) is 2.50. The van der Waals surface area contributed by atoms with Crippen LogP contribution in [0.5, 0.6) is 5.75 Å². The minimum Gasteiger partial charge on any atom is -0.496 e. The van der Waals surface area contributed by atoms with Gasteiger partial charge in [0.1, 0.15) is 11.6 Å². The van der Waals surface area contributed by atoms with Gasteiger partial charge in [-0.2, -0.15) is 0 Å². The van der Waals surface area contributed by atoms with Gasteiger partial charge in [0.2, 0.25) is 0 Å². The van der Waals surface area contributed by atoms with E-state index in [1.165, 1.54) is 32.2 Å². The van der Waals surface area contributed by atoms with Crippen molar-refractivity contribution in [1.82, 2.24) is 0 Å². The first-order valence-corrected chi connectivity index (χ1v) is 8.95. The van der Waals surface area contributed by atoms with Gasteiger partial charge in [-0.3, -0.25) is 4.79 Å². The summed E-state index contributed by atoms with van der Waals surface area (Å²) in [4.78, 5) is 24.6. The quantitative estimate of drug-likeness (QED) is 0.661. The molecule has 1 N–H and O–H groups in total. The van der Waals surface area contributed by atoms with Gasteiger partial charge in [0, 0.05) is 17.2 Å². The number of carbonyl (C=O) groups is 2. The lowest BCUT2D eigenvalue weighted by molar-refractivity contribution is -0.123. The van der Waals surface area contributed by atoms with Gasteiger partial charge in [-0.15, -0.1) is 0 Å². The molecule has 1 atom stereocenters. The molecule has 0 aliphatic rings. The van der Waals surface area contributed by atoms with Crippen molar-refractivity contribution in [2.75, 3.05) is 19.0 Å². The van der Waals surface area contributed by atoms with Crippen LogP contribution in [0, 0.1) is 5.82 Å². The number of rotatable bonds is 8. The van der Waals surface area contributed by atoms with Gasteiger partial charge in [0.25, 0.3) is 5.91 Å². The second-order valence-electron chi connectivity index (χ2n) is 5.82. The van der Waals surface area contributed by atoms with Crippen molar-refractivity contribution >= 4 is 29.2 Å². The summed E-state index contributed by atoms with van der Waals surface area (Å²) in [6, 6.07) is 8.58. The third-order valence-electron chi connectivity index (χ3n) is 3.82. The number of halogens is 2. The molecule has 0 heterocycles. The molecule has 6 nitrogen and oxygen atoms in total. The highest BCUT2D eigenvalue weighted by atomic mass is 35.5. The molecule has 28 heavy (non-hydrogen) atoms. The van der Waals surface area contributed by atoms with Crippen molar-refractivity contribution in [3.63, 3.8) is 0 Å². The fourth-order valence-electron chi connectivity index (χ4n) is 2.34. The SMILES string of the molecule is CCOCc1cc(C(=O)O[C@@H](C)C(=O)Nc2ccc(Cl)cc2F)ccc1OC. The van der Waals surface area contributed by atoms with Gasteiger partial charge in [0.05, 0.1) is 25.0 Å². The van der Waals surface area contributed by atoms with Crippen LogP contribution in [0.25, 0.3) is 0 Å². The second-order valence-corrected chi connectivity index (χ2v) is 6.26. The molecule has 0 saturated heterocycles. The standard InChI is InChI=1S/C20H21ClFNO5/c1-4-27-11-14-9-13(5-8-18(14)26-3)20(25)28-12(2)19(24)23-17-7-6-15(21)10-16(17)22/h5-10,12H,4,11H2,1-3H3,(H,23,24)/t12-/m0/s1. The topological polar surface area (TPSA) is 73.9 Å². The zero-order valence-electron chi connectivity index (χ0n) is 15.8. The number of nitrogens with one attached hydrogen (secondary N) is 1. The van der Waals surface area contributed by atoms with Crippen LogP contribution in [0.15, 0.2) is 36.4 Å². The maximum atomic E-state index is 13.8. The molecule has 0 spiro atoms. The number of anilines is 1. The van der Waals surface area contributed by atoms with Crippen molar-refractivity contribution in [2.24, 2.45) is 0 Å². The number of ether oxygens (including phenoxy) is 3. The molecule has 0 unspecified atom stereocenters. The molecule has 0 fully saturated rings. The summed E-state index contributed by atoms with van der Waals surface area (Å²) in [5, 5.41) is 2.57. The highest BCUT2D eigenvalue weighted by Crippen LogP contribution is 2.22. The van der Waals surface area contributed by atoms with Crippen molar-refractivity contribution in [1.29, 1.82) is 0 Å². The molecule has 2 aromatic rings. The highest BCUT2D eigenvalue weighted by molar-refractivity contribution is 6.30. The number of hydrogen-bond acceptors (Lipinski definition) is 5. The third kappa shape index (κ3) is 5.68. The average molecular weight is 410 g/mol. The van der Waals surface area contributed by atoms with Gasteiger partial charge < -0.3 is 19.5 Å². The Balaban J connectivity index is 2.05. The van der Waals surface area contributed by atoms with Crippen LogP contribution in [0.2, 0.25) is 5.02 Å². The molecule has 0 saturated carbocycles. The highest BCUT2D eigenvalue weighted by Gasteiger charge is 2.21. The second kappa shape index (κ2) is 10.1. The Labute approximate surface area is 167 Å². The Hall–Kier alpha value is -2.64. The van der Waals surface area contributed by atoms with E-state index in [4.69, 9.17) is 25.8 Å². The molecular formula is C20H21ClFNO5. The first-order chi connectivity index (χ1) is 13.3. The number of amides is 1. The Morgan fingerprint density at radius 3 is 2.61 bits per heavy atom. The van der Waals surface area contributed by atoms with Gasteiger partial charge in [-0.1, -0.05) is 11.6 Å². The predicted octanol–water partition coefficient (Wildman–Crippen LogP) is 4.21. The Kier molecular flexibility index (Phi) is 7.78. The summed E-state index contributed by atoms with van der Waals surface area (Å²) >= 11 is 5.68. The minimum absolute atomic E-state index is 0.0549. The van der Waals surface area contributed by atoms with Crippen LogP contribution in [-0.4, -0.2) is 31.7 Å². The van der Waals surface area contributed by atoms with E-state index in [0.29, 0.717) is 17.9 Å². The van der Waals surface area contributed by atoms with Crippen molar-refractivity contribution in [3.05, 3.63) is 58.4 Å². The minimum atomic E-state index is -1.14. The zero-order chi connectivity index (χ0) is 20.7. The number of benzene rings is 2. The normalized spacial score (nSPS) is 11.6. The van der Waals surface area contributed by atoms with E-state index in [0.717, 1.165) is 6.07 Å². The maximum Gasteiger partial charge on any atom is 0.338 e. The van der Waals surface area contributed by atoms with Gasteiger partial charge in [0.15, 0.2) is 6.10 Å². The summed E-state index contributed by atoms with van der Waals surface area (Å²) in [6.45, 7) is 4.03. The number of methoxy groups -OCH3 is 1. The molecule has 0 radical (unpaired) electrons. The summed E-state index contributed by atoms with van der Waals surface area (Å²) in [5.41, 5.74) is 0.868. The molecular weight excluding hydrogens is 389 g/mol. The van der Waals surface area contributed by atoms with E-state index < -0.39 is 23.8 Å². The molecule has 150 valence electrons. The van der Waals surface area contributed by atoms with Crippen molar-refractivity contribution < 1.29 is 28.2 Å². The van der Waals surface area contributed by atoms with E-state index in [9.17, 15) is 14.0 Å². The summed E-state index contributed by atoms with van der Waals surface area (Å²) < 4.78 is 29.6. The fraction of sp³-hybridized carbons (Fsp3) is 0.300. The van der Waals surface area contributed by atoms with E-state index in [-0.39, 0.29) is 22.9 Å². The monoisotopic (exact) mass is 409 g/mol. The molecule has 0 bridgehead atoms. The van der Waals surface area contributed by atoms with Gasteiger partial charge in [-0.05, 0) is 50.2 Å². The van der Waals surface area contributed by atoms with Crippen LogP contribution >= 0.6 is 11.6 Å². The van der Waals surface area contributed by atoms with Crippen LogP contribution in [0.3, 0.4) is 0 Å². The maximum absolute atomic E-state index is 13.8. The Morgan fingerprint density at radius 1 is 1.21 bits per heavy atom. The van der Waals surface area contributed by atoms with E-state index in [1.54, 1.807) is 12.1 Å². The van der Waals surface area contributed by atoms with Crippen molar-refractivity contribution in [2.45, 2.75) is 26.6 Å². The Bertz CT molecular complexity index is 858. The van der Waals surface area contributed by atoms with E-state index >= 15 is 0 Å². The predicted molar refractivity (Wildman–Crippen MR) is 103 cm³/mol. The molecule has 2 aromatic carbocycles. The number of esters is 1. The van der Waals surface area contributed by atoms with E-state index in [1.807, 2.05) is 6.92 Å². The summed E-state index contributed by atoms with van der Waals surface area (Å²) in [5.74, 6) is -1.47. The van der Waals surface area contributed by atoms with E-state index in [2.05, 4.69) is 5.32 Å².